The van der Waals surface area contributed by atoms with Gasteiger partial charge in [0.15, 0.2) is 6.29 Å². The minimum atomic E-state index is -1.01. The number of rotatable bonds is 4. The van der Waals surface area contributed by atoms with Crippen LogP contribution in [0.3, 0.4) is 0 Å². The lowest BCUT2D eigenvalue weighted by molar-refractivity contribution is -0.131. The second-order valence-electron chi connectivity index (χ2n) is 1.54. The van der Waals surface area contributed by atoms with Crippen LogP contribution in [0.4, 0.5) is 0 Å². The Morgan fingerprint density at radius 3 is 2.30 bits per heavy atom. The molecule has 0 aromatic heterocycles. The number of hydrogen-bond donors (Lipinski definition) is 1. The number of carboxylic acids is 1. The van der Waals surface area contributed by atoms with Crippen molar-refractivity contribution in [1.82, 2.24) is 0 Å². The first-order valence-electron chi connectivity index (χ1n) is 2.67. The van der Waals surface area contributed by atoms with E-state index in [4.69, 9.17) is 5.11 Å². The highest BCUT2D eigenvalue weighted by Crippen LogP contribution is 1.91. The van der Waals surface area contributed by atoms with Crippen molar-refractivity contribution in [1.29, 1.82) is 0 Å². The zero-order chi connectivity index (χ0) is 7.98. The molecule has 0 atom stereocenters. The first kappa shape index (κ1) is 9.13. The SMILES string of the molecule is COC(/C=C/C(=O)O)OC. The summed E-state index contributed by atoms with van der Waals surface area (Å²) in [5.41, 5.74) is 0. The average Bonchev–Trinajstić information content (AvgIpc) is 1.90. The van der Waals surface area contributed by atoms with Gasteiger partial charge in [-0.15, -0.1) is 0 Å². The quantitative estimate of drug-likeness (QED) is 0.456. The van der Waals surface area contributed by atoms with Crippen molar-refractivity contribution < 1.29 is 19.4 Å². The highest BCUT2D eigenvalue weighted by molar-refractivity contribution is 5.79. The van der Waals surface area contributed by atoms with Gasteiger partial charge in [-0.05, 0) is 6.08 Å². The molecule has 0 unspecified atom stereocenters. The minimum Gasteiger partial charge on any atom is -0.478 e. The summed E-state index contributed by atoms with van der Waals surface area (Å²) in [5, 5.41) is 8.16. The summed E-state index contributed by atoms with van der Waals surface area (Å²) in [5.74, 6) is -1.01. The fourth-order valence-electron chi connectivity index (χ4n) is 0.414. The maximum Gasteiger partial charge on any atom is 0.328 e. The van der Waals surface area contributed by atoms with E-state index < -0.39 is 12.3 Å². The molecule has 4 nitrogen and oxygen atoms in total. The number of aliphatic carboxylic acids is 1. The van der Waals surface area contributed by atoms with Crippen LogP contribution >= 0.6 is 0 Å². The van der Waals surface area contributed by atoms with Gasteiger partial charge in [0.1, 0.15) is 0 Å². The molecule has 0 aliphatic carbocycles. The third-order valence-electron chi connectivity index (χ3n) is 0.861. The standard InChI is InChI=1S/C6H10O4/c1-9-6(10-2)4-3-5(7)8/h3-4,6H,1-2H3,(H,7,8)/b4-3+. The smallest absolute Gasteiger partial charge is 0.328 e. The van der Waals surface area contributed by atoms with Crippen LogP contribution in [-0.4, -0.2) is 31.6 Å². The lowest BCUT2D eigenvalue weighted by atomic mass is 10.5. The van der Waals surface area contributed by atoms with Gasteiger partial charge in [-0.1, -0.05) is 0 Å². The van der Waals surface area contributed by atoms with Crippen LogP contribution in [0, 0.1) is 0 Å². The molecule has 0 aliphatic heterocycles. The predicted molar refractivity (Wildman–Crippen MR) is 34.6 cm³/mol. The van der Waals surface area contributed by atoms with Crippen LogP contribution in [0.1, 0.15) is 0 Å². The van der Waals surface area contributed by atoms with E-state index in [1.165, 1.54) is 20.3 Å². The molecular weight excluding hydrogens is 136 g/mol. The summed E-state index contributed by atoms with van der Waals surface area (Å²) in [7, 11) is 2.86. The normalized spacial score (nSPS) is 11.1. The van der Waals surface area contributed by atoms with Gasteiger partial charge >= 0.3 is 5.97 Å². The number of ether oxygens (including phenoxy) is 2. The van der Waals surface area contributed by atoms with Crippen LogP contribution in [0.5, 0.6) is 0 Å². The monoisotopic (exact) mass is 146 g/mol. The lowest BCUT2D eigenvalue weighted by Crippen LogP contribution is -2.09. The van der Waals surface area contributed by atoms with Gasteiger partial charge in [0.05, 0.1) is 0 Å². The van der Waals surface area contributed by atoms with Gasteiger partial charge in [0, 0.05) is 20.3 Å². The fourth-order valence-corrected chi connectivity index (χ4v) is 0.414. The van der Waals surface area contributed by atoms with Crippen molar-refractivity contribution in [3.05, 3.63) is 12.2 Å². The summed E-state index contributed by atoms with van der Waals surface area (Å²) in [6, 6.07) is 0. The van der Waals surface area contributed by atoms with E-state index in [2.05, 4.69) is 9.47 Å². The van der Waals surface area contributed by atoms with Crippen molar-refractivity contribution in [2.75, 3.05) is 14.2 Å². The van der Waals surface area contributed by atoms with Crippen molar-refractivity contribution in [3.63, 3.8) is 0 Å². The molecule has 0 spiro atoms. The van der Waals surface area contributed by atoms with E-state index in [1.54, 1.807) is 0 Å². The molecule has 1 N–H and O–H groups in total. The molecular formula is C6H10O4. The fraction of sp³-hybridized carbons (Fsp3) is 0.500. The maximum atomic E-state index is 9.94. The Bertz CT molecular complexity index is 126. The predicted octanol–water partition coefficient (Wildman–Crippen LogP) is 0.246. The molecule has 0 aromatic carbocycles. The number of carboxylic acid groups (broad SMARTS) is 1. The van der Waals surface area contributed by atoms with Crippen LogP contribution in [-0.2, 0) is 14.3 Å². The van der Waals surface area contributed by atoms with E-state index in [0.717, 1.165) is 6.08 Å². The second-order valence-corrected chi connectivity index (χ2v) is 1.54. The Balaban J connectivity index is 3.72. The molecule has 0 amide bonds. The van der Waals surface area contributed by atoms with Crippen molar-refractivity contribution in [2.45, 2.75) is 6.29 Å². The molecule has 0 saturated heterocycles. The molecule has 0 saturated carbocycles. The number of carbonyl (C=O) groups is 1. The Morgan fingerprint density at radius 1 is 1.50 bits per heavy atom. The summed E-state index contributed by atoms with van der Waals surface area (Å²) in [4.78, 5) is 9.94. The summed E-state index contributed by atoms with van der Waals surface area (Å²) < 4.78 is 9.36. The van der Waals surface area contributed by atoms with Gasteiger partial charge < -0.3 is 14.6 Å². The minimum absolute atomic E-state index is 0.573. The highest BCUT2D eigenvalue weighted by Gasteiger charge is 1.97. The van der Waals surface area contributed by atoms with Gasteiger partial charge in [0.25, 0.3) is 0 Å². The topological polar surface area (TPSA) is 55.8 Å². The third-order valence-corrected chi connectivity index (χ3v) is 0.861. The maximum absolute atomic E-state index is 9.94. The van der Waals surface area contributed by atoms with E-state index >= 15 is 0 Å². The molecule has 0 rings (SSSR count). The zero-order valence-corrected chi connectivity index (χ0v) is 5.90. The molecule has 0 aromatic rings. The number of methoxy groups -OCH3 is 2. The highest BCUT2D eigenvalue weighted by atomic mass is 16.7. The third kappa shape index (κ3) is 4.05. The largest absolute Gasteiger partial charge is 0.478 e. The zero-order valence-electron chi connectivity index (χ0n) is 5.90. The molecule has 0 fully saturated rings. The van der Waals surface area contributed by atoms with Gasteiger partial charge in [-0.3, -0.25) is 0 Å². The van der Waals surface area contributed by atoms with Gasteiger partial charge in [0.2, 0.25) is 0 Å². The summed E-state index contributed by atoms with van der Waals surface area (Å²) >= 11 is 0. The molecule has 10 heavy (non-hydrogen) atoms. The van der Waals surface area contributed by atoms with Crippen molar-refractivity contribution in [2.24, 2.45) is 0 Å². The Morgan fingerprint density at radius 2 is 2.00 bits per heavy atom. The first-order chi connectivity index (χ1) is 4.70. The summed E-state index contributed by atoms with van der Waals surface area (Å²) in [6.45, 7) is 0. The molecule has 58 valence electrons. The molecule has 0 bridgehead atoms. The van der Waals surface area contributed by atoms with E-state index in [-0.39, 0.29) is 0 Å². The summed E-state index contributed by atoms with van der Waals surface area (Å²) in [6.07, 6.45) is 1.70. The Labute approximate surface area is 59.1 Å². The average molecular weight is 146 g/mol. The van der Waals surface area contributed by atoms with Gasteiger partial charge in [-0.25, -0.2) is 4.79 Å². The van der Waals surface area contributed by atoms with Crippen LogP contribution < -0.4 is 0 Å². The van der Waals surface area contributed by atoms with Crippen LogP contribution in [0.2, 0.25) is 0 Å². The molecule has 0 heterocycles. The second kappa shape index (κ2) is 4.96. The van der Waals surface area contributed by atoms with Crippen molar-refractivity contribution in [3.8, 4) is 0 Å². The molecule has 4 heteroatoms. The lowest BCUT2D eigenvalue weighted by Gasteiger charge is -2.05. The first-order valence-corrected chi connectivity index (χ1v) is 2.67. The van der Waals surface area contributed by atoms with Crippen molar-refractivity contribution >= 4 is 5.97 Å². The van der Waals surface area contributed by atoms with E-state index in [1.807, 2.05) is 0 Å². The molecule has 0 radical (unpaired) electrons. The Hall–Kier alpha value is -0.870. The van der Waals surface area contributed by atoms with Crippen LogP contribution in [0.25, 0.3) is 0 Å². The van der Waals surface area contributed by atoms with Gasteiger partial charge in [-0.2, -0.15) is 0 Å². The molecule has 0 aliphatic rings. The van der Waals surface area contributed by atoms with Crippen LogP contribution in [0.15, 0.2) is 12.2 Å². The number of hydrogen-bond acceptors (Lipinski definition) is 3. The van der Waals surface area contributed by atoms with E-state index in [0.29, 0.717) is 0 Å². The van der Waals surface area contributed by atoms with E-state index in [9.17, 15) is 4.79 Å². The Kier molecular flexibility index (Phi) is 4.53.